The molecule has 0 bridgehead atoms. The highest BCUT2D eigenvalue weighted by molar-refractivity contribution is 6.29. The van der Waals surface area contributed by atoms with Crippen molar-refractivity contribution in [1.82, 2.24) is 9.97 Å². The first-order valence-electron chi connectivity index (χ1n) is 4.64. The number of aryl methyl sites for hydroxylation is 1. The Morgan fingerprint density at radius 1 is 1.22 bits per heavy atom. The highest BCUT2D eigenvalue weighted by Gasteiger charge is 2.57. The van der Waals surface area contributed by atoms with Crippen LogP contribution in [0.1, 0.15) is 11.5 Å². The molecule has 1 aromatic heterocycles. The Labute approximate surface area is 104 Å². The molecule has 18 heavy (non-hydrogen) atoms. The molecule has 0 saturated carbocycles. The molecule has 3 nitrogen and oxygen atoms in total. The number of ether oxygens (including phenoxy) is 1. The summed E-state index contributed by atoms with van der Waals surface area (Å²) in [5.41, 5.74) is 0.455. The topological polar surface area (TPSA) is 35.0 Å². The zero-order chi connectivity index (χ0) is 14.0. The highest BCUT2D eigenvalue weighted by Crippen LogP contribution is 2.35. The monoisotopic (exact) mass is 290 g/mol. The number of rotatable bonds is 4. The maximum Gasteiger partial charge on any atom is 0.455 e. The van der Waals surface area contributed by atoms with E-state index < -0.39 is 25.3 Å². The number of nitrogens with zero attached hydrogens (tertiary/aromatic N) is 2. The van der Waals surface area contributed by atoms with Gasteiger partial charge in [-0.1, -0.05) is 11.6 Å². The lowest BCUT2D eigenvalue weighted by Gasteiger charge is -2.19. The van der Waals surface area contributed by atoms with Gasteiger partial charge in [0.1, 0.15) is 18.4 Å². The minimum Gasteiger partial charge on any atom is -0.367 e. The Morgan fingerprint density at radius 3 is 2.33 bits per heavy atom. The van der Waals surface area contributed by atoms with Crippen LogP contribution in [0.2, 0.25) is 5.15 Å². The van der Waals surface area contributed by atoms with Crippen molar-refractivity contribution in [1.29, 1.82) is 0 Å². The average Bonchev–Trinajstić information content (AvgIpc) is 2.13. The fourth-order valence-electron chi connectivity index (χ4n) is 1.01. The Kier molecular flexibility index (Phi) is 4.44. The van der Waals surface area contributed by atoms with Crippen LogP contribution < -0.4 is 0 Å². The van der Waals surface area contributed by atoms with Gasteiger partial charge in [0.25, 0.3) is 0 Å². The maximum atomic E-state index is 12.5. The van der Waals surface area contributed by atoms with Crippen LogP contribution in [0.3, 0.4) is 0 Å². The molecule has 1 rings (SSSR count). The van der Waals surface area contributed by atoms with E-state index >= 15 is 0 Å². The van der Waals surface area contributed by atoms with Crippen LogP contribution in [0.25, 0.3) is 0 Å². The number of aromatic nitrogens is 2. The zero-order valence-electron chi connectivity index (χ0n) is 9.06. The predicted molar refractivity (Wildman–Crippen MR) is 52.4 cm³/mol. The fraction of sp³-hybridized carbons (Fsp3) is 0.556. The van der Waals surface area contributed by atoms with E-state index in [1.165, 1.54) is 6.07 Å². The van der Waals surface area contributed by atoms with Crippen LogP contribution >= 0.6 is 11.6 Å². The minimum atomic E-state index is -5.64. The fourth-order valence-corrected chi connectivity index (χ4v) is 1.26. The number of hydrogen-bond donors (Lipinski definition) is 0. The van der Waals surface area contributed by atoms with Gasteiger partial charge in [-0.3, -0.25) is 0 Å². The largest absolute Gasteiger partial charge is 0.455 e. The molecule has 0 radical (unpaired) electrons. The molecule has 0 aliphatic rings. The van der Waals surface area contributed by atoms with Crippen LogP contribution in [0.15, 0.2) is 6.07 Å². The molecule has 0 atom stereocenters. The number of hydrogen-bond acceptors (Lipinski definition) is 3. The van der Waals surface area contributed by atoms with Gasteiger partial charge >= 0.3 is 12.1 Å². The third-order valence-corrected chi connectivity index (χ3v) is 1.99. The molecule has 0 amide bonds. The van der Waals surface area contributed by atoms with E-state index in [0.717, 1.165) is 0 Å². The van der Waals surface area contributed by atoms with Gasteiger partial charge in [-0.2, -0.15) is 22.0 Å². The molecular formula is C9H8ClF5N2O. The first kappa shape index (κ1) is 15.0. The van der Waals surface area contributed by atoms with Gasteiger partial charge in [0.05, 0.1) is 0 Å². The summed E-state index contributed by atoms with van der Waals surface area (Å²) in [4.78, 5) is 7.39. The normalized spacial score (nSPS) is 12.8. The van der Waals surface area contributed by atoms with E-state index in [1.807, 2.05) is 0 Å². The van der Waals surface area contributed by atoms with Gasteiger partial charge in [0.2, 0.25) is 0 Å². The second-order valence-corrected chi connectivity index (χ2v) is 3.83. The zero-order valence-corrected chi connectivity index (χ0v) is 9.82. The molecule has 0 spiro atoms. The molecule has 0 N–H and O–H groups in total. The first-order chi connectivity index (χ1) is 8.12. The summed E-state index contributed by atoms with van der Waals surface area (Å²) in [5, 5.41) is 0.0590. The Morgan fingerprint density at radius 2 is 1.83 bits per heavy atom. The van der Waals surface area contributed by atoms with Crippen molar-refractivity contribution in [2.24, 2.45) is 0 Å². The van der Waals surface area contributed by atoms with Crippen LogP contribution in [-0.2, 0) is 11.3 Å². The lowest BCUT2D eigenvalue weighted by atomic mass is 10.3. The molecule has 102 valence electrons. The summed E-state index contributed by atoms with van der Waals surface area (Å²) in [6, 6.07) is 1.41. The van der Waals surface area contributed by atoms with Crippen molar-refractivity contribution < 1.29 is 26.7 Å². The SMILES string of the molecule is Cc1cc(Cl)nc(COCC(F)(F)C(F)(F)F)n1. The summed E-state index contributed by atoms with van der Waals surface area (Å²) in [6.45, 7) is -0.792. The van der Waals surface area contributed by atoms with Crippen molar-refractivity contribution in [3.05, 3.63) is 22.7 Å². The van der Waals surface area contributed by atoms with Crippen LogP contribution in [0.4, 0.5) is 22.0 Å². The van der Waals surface area contributed by atoms with Crippen molar-refractivity contribution in [3.8, 4) is 0 Å². The smallest absolute Gasteiger partial charge is 0.367 e. The first-order valence-corrected chi connectivity index (χ1v) is 5.02. The number of halogens is 6. The van der Waals surface area contributed by atoms with E-state index in [2.05, 4.69) is 14.7 Å². The summed E-state index contributed by atoms with van der Waals surface area (Å²) >= 11 is 5.56. The molecule has 0 saturated heterocycles. The van der Waals surface area contributed by atoms with E-state index in [-0.39, 0.29) is 11.0 Å². The standard InChI is InChI=1S/C9H8ClF5N2O/c1-5-2-6(10)17-7(16-5)3-18-4-8(11,12)9(13,14)15/h2H,3-4H2,1H3. The molecule has 1 heterocycles. The quantitative estimate of drug-likeness (QED) is 0.631. The third-order valence-electron chi connectivity index (χ3n) is 1.80. The Hall–Kier alpha value is -1.02. The maximum absolute atomic E-state index is 12.5. The van der Waals surface area contributed by atoms with Gasteiger partial charge in [-0.25, -0.2) is 9.97 Å². The Balaban J connectivity index is 2.57. The van der Waals surface area contributed by atoms with Gasteiger partial charge in [0.15, 0.2) is 5.82 Å². The van der Waals surface area contributed by atoms with Gasteiger partial charge in [-0.15, -0.1) is 0 Å². The summed E-state index contributed by atoms with van der Waals surface area (Å²) in [7, 11) is 0. The Bertz CT molecular complexity index is 404. The van der Waals surface area contributed by atoms with E-state index in [0.29, 0.717) is 5.69 Å². The molecule has 0 aliphatic carbocycles. The van der Waals surface area contributed by atoms with E-state index in [1.54, 1.807) is 6.92 Å². The lowest BCUT2D eigenvalue weighted by Crippen LogP contribution is -2.40. The minimum absolute atomic E-state index is 0.0574. The van der Waals surface area contributed by atoms with Crippen molar-refractivity contribution in [2.75, 3.05) is 6.61 Å². The molecule has 9 heteroatoms. The van der Waals surface area contributed by atoms with Crippen molar-refractivity contribution in [2.45, 2.75) is 25.6 Å². The second kappa shape index (κ2) is 5.31. The summed E-state index contributed by atoms with van der Waals surface area (Å²) < 4.78 is 64.6. The van der Waals surface area contributed by atoms with Crippen molar-refractivity contribution in [3.63, 3.8) is 0 Å². The van der Waals surface area contributed by atoms with Crippen LogP contribution in [0.5, 0.6) is 0 Å². The summed E-state index contributed by atoms with van der Waals surface area (Å²) in [5.74, 6) is -4.96. The molecule has 0 aromatic carbocycles. The average molecular weight is 291 g/mol. The van der Waals surface area contributed by atoms with Crippen LogP contribution in [0, 0.1) is 6.92 Å². The lowest BCUT2D eigenvalue weighted by molar-refractivity contribution is -0.297. The molecule has 1 aromatic rings. The summed E-state index contributed by atoms with van der Waals surface area (Å²) in [6.07, 6.45) is -5.64. The highest BCUT2D eigenvalue weighted by atomic mass is 35.5. The predicted octanol–water partition coefficient (Wildman–Crippen LogP) is 3.15. The second-order valence-electron chi connectivity index (χ2n) is 3.44. The molecule has 0 fully saturated rings. The van der Waals surface area contributed by atoms with E-state index in [9.17, 15) is 22.0 Å². The molecule has 0 unspecified atom stereocenters. The van der Waals surface area contributed by atoms with Gasteiger partial charge in [-0.05, 0) is 13.0 Å². The van der Waals surface area contributed by atoms with Crippen LogP contribution in [-0.4, -0.2) is 28.7 Å². The molecule has 0 aliphatic heterocycles. The molecular weight excluding hydrogens is 283 g/mol. The van der Waals surface area contributed by atoms with Gasteiger partial charge in [0, 0.05) is 5.69 Å². The third kappa shape index (κ3) is 4.02. The van der Waals surface area contributed by atoms with Crippen molar-refractivity contribution >= 4 is 11.6 Å². The van der Waals surface area contributed by atoms with E-state index in [4.69, 9.17) is 11.6 Å². The number of alkyl halides is 5. The van der Waals surface area contributed by atoms with Gasteiger partial charge < -0.3 is 4.74 Å².